The van der Waals surface area contributed by atoms with Crippen LogP contribution in [-0.2, 0) is 0 Å². The van der Waals surface area contributed by atoms with Gasteiger partial charge in [-0.05, 0) is 50.9 Å². The van der Waals surface area contributed by atoms with Crippen LogP contribution in [0.2, 0.25) is 5.02 Å². The average molecular weight is 333 g/mol. The summed E-state index contributed by atoms with van der Waals surface area (Å²) in [6.07, 6.45) is 0.974. The standard InChI is InChI=1S/C15H21ClN2O2.ClH/c1-10(2)20-14-4-3-12(16)7-13(14)15(19)18-6-5-11(8-17)9-18;/h3-4,7,10-11H,5-6,8-9,17H2,1-2H3;1H. The number of benzene rings is 1. The molecule has 2 rings (SSSR count). The molecule has 6 heteroatoms. The number of amides is 1. The van der Waals surface area contributed by atoms with E-state index in [4.69, 9.17) is 22.1 Å². The third kappa shape index (κ3) is 4.50. The Bertz CT molecular complexity index is 495. The first-order chi connectivity index (χ1) is 9.51. The molecular weight excluding hydrogens is 311 g/mol. The van der Waals surface area contributed by atoms with Crippen molar-refractivity contribution in [2.45, 2.75) is 26.4 Å². The van der Waals surface area contributed by atoms with Gasteiger partial charge in [0, 0.05) is 18.1 Å². The molecule has 1 amide bonds. The monoisotopic (exact) mass is 332 g/mol. The highest BCUT2D eigenvalue weighted by Gasteiger charge is 2.28. The van der Waals surface area contributed by atoms with Gasteiger partial charge in [-0.1, -0.05) is 11.6 Å². The van der Waals surface area contributed by atoms with Gasteiger partial charge in [-0.3, -0.25) is 4.79 Å². The highest BCUT2D eigenvalue weighted by atomic mass is 35.5. The molecule has 0 bridgehead atoms. The normalized spacial score (nSPS) is 17.8. The van der Waals surface area contributed by atoms with E-state index in [2.05, 4.69) is 0 Å². The molecule has 0 saturated carbocycles. The Morgan fingerprint density at radius 2 is 2.24 bits per heavy atom. The van der Waals surface area contributed by atoms with Crippen LogP contribution in [0.5, 0.6) is 5.75 Å². The van der Waals surface area contributed by atoms with Crippen molar-refractivity contribution in [2.75, 3.05) is 19.6 Å². The lowest BCUT2D eigenvalue weighted by molar-refractivity contribution is 0.0781. The van der Waals surface area contributed by atoms with Crippen LogP contribution >= 0.6 is 24.0 Å². The number of halogens is 2. The van der Waals surface area contributed by atoms with Crippen molar-refractivity contribution in [3.63, 3.8) is 0 Å². The van der Waals surface area contributed by atoms with Crippen molar-refractivity contribution >= 4 is 29.9 Å². The number of hydrogen-bond acceptors (Lipinski definition) is 3. The summed E-state index contributed by atoms with van der Waals surface area (Å²) in [7, 11) is 0. The van der Waals surface area contributed by atoms with Crippen LogP contribution < -0.4 is 10.5 Å². The lowest BCUT2D eigenvalue weighted by atomic mass is 10.1. The molecule has 1 fully saturated rings. The predicted octanol–water partition coefficient (Wildman–Crippen LogP) is 2.97. The van der Waals surface area contributed by atoms with Crippen LogP contribution in [0.15, 0.2) is 18.2 Å². The molecule has 1 atom stereocenters. The number of rotatable bonds is 4. The molecule has 21 heavy (non-hydrogen) atoms. The predicted molar refractivity (Wildman–Crippen MR) is 87.5 cm³/mol. The van der Waals surface area contributed by atoms with Crippen molar-refractivity contribution in [1.82, 2.24) is 4.90 Å². The summed E-state index contributed by atoms with van der Waals surface area (Å²) >= 11 is 6.01. The molecule has 1 aromatic rings. The van der Waals surface area contributed by atoms with E-state index >= 15 is 0 Å². The van der Waals surface area contributed by atoms with Gasteiger partial charge in [-0.15, -0.1) is 12.4 Å². The van der Waals surface area contributed by atoms with Crippen LogP contribution in [0.25, 0.3) is 0 Å². The summed E-state index contributed by atoms with van der Waals surface area (Å²) in [5.74, 6) is 0.956. The second kappa shape index (κ2) is 7.87. The molecule has 1 unspecified atom stereocenters. The molecule has 0 aromatic heterocycles. The Labute approximate surface area is 137 Å². The van der Waals surface area contributed by atoms with Gasteiger partial charge in [-0.25, -0.2) is 0 Å². The van der Waals surface area contributed by atoms with Gasteiger partial charge < -0.3 is 15.4 Å². The van der Waals surface area contributed by atoms with E-state index in [1.807, 2.05) is 18.7 Å². The second-order valence-electron chi connectivity index (χ2n) is 5.45. The number of hydrogen-bond donors (Lipinski definition) is 1. The molecule has 0 aliphatic carbocycles. The van der Waals surface area contributed by atoms with Gasteiger partial charge in [0.1, 0.15) is 5.75 Å². The van der Waals surface area contributed by atoms with Crippen molar-refractivity contribution in [3.05, 3.63) is 28.8 Å². The van der Waals surface area contributed by atoms with E-state index in [1.165, 1.54) is 0 Å². The Morgan fingerprint density at radius 1 is 1.52 bits per heavy atom. The Balaban J connectivity index is 0.00000220. The van der Waals surface area contributed by atoms with E-state index < -0.39 is 0 Å². The lowest BCUT2D eigenvalue weighted by Gasteiger charge is -2.20. The van der Waals surface area contributed by atoms with Gasteiger partial charge in [0.15, 0.2) is 0 Å². The van der Waals surface area contributed by atoms with Crippen molar-refractivity contribution in [3.8, 4) is 5.75 Å². The molecule has 0 spiro atoms. The van der Waals surface area contributed by atoms with Gasteiger partial charge in [0.05, 0.1) is 11.7 Å². The van der Waals surface area contributed by atoms with Crippen LogP contribution in [0.1, 0.15) is 30.6 Å². The van der Waals surface area contributed by atoms with Gasteiger partial charge >= 0.3 is 0 Å². The Morgan fingerprint density at radius 3 is 2.81 bits per heavy atom. The summed E-state index contributed by atoms with van der Waals surface area (Å²) in [4.78, 5) is 14.4. The van der Waals surface area contributed by atoms with Crippen molar-refractivity contribution < 1.29 is 9.53 Å². The molecule has 2 N–H and O–H groups in total. The smallest absolute Gasteiger partial charge is 0.257 e. The van der Waals surface area contributed by atoms with Crippen LogP contribution in [0, 0.1) is 5.92 Å². The molecule has 4 nitrogen and oxygen atoms in total. The highest BCUT2D eigenvalue weighted by Crippen LogP contribution is 2.27. The number of nitrogens with two attached hydrogens (primary N) is 1. The molecule has 1 aliphatic heterocycles. The maximum absolute atomic E-state index is 12.6. The number of likely N-dealkylation sites (tertiary alicyclic amines) is 1. The second-order valence-corrected chi connectivity index (χ2v) is 5.89. The van der Waals surface area contributed by atoms with E-state index in [1.54, 1.807) is 18.2 Å². The molecule has 1 aliphatic rings. The minimum Gasteiger partial charge on any atom is -0.490 e. The van der Waals surface area contributed by atoms with E-state index in [0.717, 1.165) is 13.0 Å². The Kier molecular flexibility index (Phi) is 6.78. The molecule has 1 heterocycles. The number of carbonyl (C=O) groups excluding carboxylic acids is 1. The third-order valence-corrected chi connectivity index (χ3v) is 3.68. The quantitative estimate of drug-likeness (QED) is 0.922. The third-order valence-electron chi connectivity index (χ3n) is 3.44. The average Bonchev–Trinajstić information content (AvgIpc) is 2.88. The molecule has 0 radical (unpaired) electrons. The summed E-state index contributed by atoms with van der Waals surface area (Å²) in [6, 6.07) is 5.17. The molecule has 1 saturated heterocycles. The van der Waals surface area contributed by atoms with E-state index in [9.17, 15) is 4.79 Å². The first kappa shape index (κ1) is 18.1. The number of ether oxygens (including phenoxy) is 1. The fourth-order valence-corrected chi connectivity index (χ4v) is 2.58. The Hall–Kier alpha value is -0.970. The lowest BCUT2D eigenvalue weighted by Crippen LogP contribution is -2.30. The number of carbonyl (C=O) groups is 1. The summed E-state index contributed by atoms with van der Waals surface area (Å²) in [5, 5.41) is 0.541. The highest BCUT2D eigenvalue weighted by molar-refractivity contribution is 6.31. The maximum Gasteiger partial charge on any atom is 0.257 e. The number of nitrogens with zero attached hydrogens (tertiary/aromatic N) is 1. The largest absolute Gasteiger partial charge is 0.490 e. The molecule has 118 valence electrons. The minimum atomic E-state index is -0.0286. The van der Waals surface area contributed by atoms with Crippen molar-refractivity contribution in [2.24, 2.45) is 11.7 Å². The van der Waals surface area contributed by atoms with E-state index in [-0.39, 0.29) is 24.4 Å². The van der Waals surface area contributed by atoms with Crippen molar-refractivity contribution in [1.29, 1.82) is 0 Å². The first-order valence-electron chi connectivity index (χ1n) is 6.96. The molecular formula is C15H22Cl2N2O2. The fourth-order valence-electron chi connectivity index (χ4n) is 2.41. The fraction of sp³-hybridized carbons (Fsp3) is 0.533. The summed E-state index contributed by atoms with van der Waals surface area (Å²) in [5.41, 5.74) is 6.20. The molecule has 1 aromatic carbocycles. The van der Waals surface area contributed by atoms with Crippen LogP contribution in [0.4, 0.5) is 0 Å². The maximum atomic E-state index is 12.6. The van der Waals surface area contributed by atoms with Gasteiger partial charge in [0.25, 0.3) is 5.91 Å². The SMILES string of the molecule is CC(C)Oc1ccc(Cl)cc1C(=O)N1CCC(CN)C1.Cl. The van der Waals surface area contributed by atoms with Crippen LogP contribution in [0.3, 0.4) is 0 Å². The van der Waals surface area contributed by atoms with Gasteiger partial charge in [-0.2, -0.15) is 0 Å². The zero-order valence-corrected chi connectivity index (χ0v) is 13.9. The summed E-state index contributed by atoms with van der Waals surface area (Å²) < 4.78 is 5.70. The topological polar surface area (TPSA) is 55.6 Å². The van der Waals surface area contributed by atoms with Gasteiger partial charge in [0.2, 0.25) is 0 Å². The minimum absolute atomic E-state index is 0. The van der Waals surface area contributed by atoms with E-state index in [0.29, 0.717) is 35.3 Å². The zero-order valence-electron chi connectivity index (χ0n) is 12.3. The van der Waals surface area contributed by atoms with Crippen LogP contribution in [-0.4, -0.2) is 36.5 Å². The summed E-state index contributed by atoms with van der Waals surface area (Å²) in [6.45, 7) is 5.94. The zero-order chi connectivity index (χ0) is 14.7. The first-order valence-corrected chi connectivity index (χ1v) is 7.34.